The molecule has 0 aliphatic heterocycles. The summed E-state index contributed by atoms with van der Waals surface area (Å²) in [7, 11) is 0. The fourth-order valence-electron chi connectivity index (χ4n) is 1.41. The van der Waals surface area contributed by atoms with Crippen molar-refractivity contribution < 1.29 is 13.9 Å². The summed E-state index contributed by atoms with van der Waals surface area (Å²) in [4.78, 5) is 12.5. The van der Waals surface area contributed by atoms with Crippen molar-refractivity contribution in [2.24, 2.45) is 0 Å². The molecule has 18 heavy (non-hydrogen) atoms. The second kappa shape index (κ2) is 5.63. The Bertz CT molecular complexity index is 580. The van der Waals surface area contributed by atoms with Gasteiger partial charge in [-0.2, -0.15) is 0 Å². The zero-order valence-corrected chi connectivity index (χ0v) is 12.0. The number of thiophene rings is 1. The molecule has 94 valence electrons. The predicted octanol–water partition coefficient (Wildman–Crippen LogP) is 4.22. The molecule has 0 saturated heterocycles. The molecular formula is C13H10BrFO2S. The van der Waals surface area contributed by atoms with Gasteiger partial charge in [0.05, 0.1) is 4.88 Å². The molecular weight excluding hydrogens is 319 g/mol. The highest BCUT2D eigenvalue weighted by molar-refractivity contribution is 9.10. The van der Waals surface area contributed by atoms with Crippen LogP contribution in [0.5, 0.6) is 5.75 Å². The standard InChI is InChI=1S/C13H10BrFO2S/c1-8-6-9(2-3-11(8)15)17-7-12(16)13-10(14)4-5-18-13/h2-6H,7H2,1H3. The molecule has 0 atom stereocenters. The third-order valence-electron chi connectivity index (χ3n) is 2.37. The van der Waals surface area contributed by atoms with Crippen molar-refractivity contribution >= 4 is 33.0 Å². The quantitative estimate of drug-likeness (QED) is 0.785. The number of ketones is 1. The lowest BCUT2D eigenvalue weighted by atomic mass is 10.2. The number of hydrogen-bond acceptors (Lipinski definition) is 3. The van der Waals surface area contributed by atoms with Gasteiger partial charge in [0.25, 0.3) is 0 Å². The van der Waals surface area contributed by atoms with Crippen LogP contribution in [-0.4, -0.2) is 12.4 Å². The summed E-state index contributed by atoms with van der Waals surface area (Å²) in [6.07, 6.45) is 0. The number of ether oxygens (including phenoxy) is 1. The fourth-order valence-corrected chi connectivity index (χ4v) is 2.93. The molecule has 1 aromatic heterocycles. The number of benzene rings is 1. The Hall–Kier alpha value is -1.20. The van der Waals surface area contributed by atoms with Crippen molar-refractivity contribution in [3.8, 4) is 5.75 Å². The summed E-state index contributed by atoms with van der Waals surface area (Å²) in [5.41, 5.74) is 0.497. The number of carbonyl (C=O) groups excluding carboxylic acids is 1. The minimum Gasteiger partial charge on any atom is -0.485 e. The van der Waals surface area contributed by atoms with Crippen LogP contribution in [0.1, 0.15) is 15.2 Å². The Morgan fingerprint density at radius 1 is 1.44 bits per heavy atom. The van der Waals surface area contributed by atoms with E-state index in [9.17, 15) is 9.18 Å². The Morgan fingerprint density at radius 2 is 2.22 bits per heavy atom. The van der Waals surface area contributed by atoms with Gasteiger partial charge < -0.3 is 4.74 Å². The van der Waals surface area contributed by atoms with Crippen LogP contribution in [0.2, 0.25) is 0 Å². The van der Waals surface area contributed by atoms with Crippen LogP contribution in [0.3, 0.4) is 0 Å². The van der Waals surface area contributed by atoms with Crippen molar-refractivity contribution in [2.75, 3.05) is 6.61 Å². The van der Waals surface area contributed by atoms with Crippen LogP contribution in [-0.2, 0) is 0 Å². The zero-order valence-electron chi connectivity index (χ0n) is 9.57. The lowest BCUT2D eigenvalue weighted by Crippen LogP contribution is -2.10. The van der Waals surface area contributed by atoms with E-state index in [0.717, 1.165) is 4.47 Å². The monoisotopic (exact) mass is 328 g/mol. The molecule has 0 aliphatic rings. The SMILES string of the molecule is Cc1cc(OCC(=O)c2sccc2Br)ccc1F. The zero-order chi connectivity index (χ0) is 13.1. The largest absolute Gasteiger partial charge is 0.485 e. The highest BCUT2D eigenvalue weighted by Crippen LogP contribution is 2.23. The number of carbonyl (C=O) groups is 1. The predicted molar refractivity (Wildman–Crippen MR) is 73.0 cm³/mol. The van der Waals surface area contributed by atoms with Gasteiger partial charge in [0.15, 0.2) is 6.61 Å². The van der Waals surface area contributed by atoms with Gasteiger partial charge in [-0.05, 0) is 58.1 Å². The number of aryl methyl sites for hydroxylation is 1. The molecule has 5 heteroatoms. The molecule has 1 aromatic carbocycles. The third kappa shape index (κ3) is 2.97. The molecule has 0 spiro atoms. The van der Waals surface area contributed by atoms with Crippen LogP contribution >= 0.6 is 27.3 Å². The summed E-state index contributed by atoms with van der Waals surface area (Å²) in [6, 6.07) is 6.24. The topological polar surface area (TPSA) is 26.3 Å². The third-order valence-corrected chi connectivity index (χ3v) is 4.25. The van der Waals surface area contributed by atoms with E-state index in [0.29, 0.717) is 16.2 Å². The molecule has 0 N–H and O–H groups in total. The van der Waals surface area contributed by atoms with Crippen molar-refractivity contribution in [3.05, 3.63) is 50.4 Å². The van der Waals surface area contributed by atoms with Gasteiger partial charge in [0.1, 0.15) is 11.6 Å². The van der Waals surface area contributed by atoms with Gasteiger partial charge in [-0.15, -0.1) is 11.3 Å². The van der Waals surface area contributed by atoms with Crippen LogP contribution in [0.25, 0.3) is 0 Å². The molecule has 0 bridgehead atoms. The lowest BCUT2D eigenvalue weighted by Gasteiger charge is -2.06. The van der Waals surface area contributed by atoms with Gasteiger partial charge in [0, 0.05) is 4.47 Å². The fraction of sp³-hybridized carbons (Fsp3) is 0.154. The number of rotatable bonds is 4. The van der Waals surface area contributed by atoms with E-state index in [1.165, 1.54) is 23.5 Å². The number of hydrogen-bond donors (Lipinski definition) is 0. The Morgan fingerprint density at radius 3 is 2.83 bits per heavy atom. The molecule has 0 fully saturated rings. The van der Waals surface area contributed by atoms with Crippen molar-refractivity contribution in [3.63, 3.8) is 0 Å². The van der Waals surface area contributed by atoms with Crippen LogP contribution in [0, 0.1) is 12.7 Å². The average molecular weight is 329 g/mol. The van der Waals surface area contributed by atoms with Gasteiger partial charge in [-0.25, -0.2) is 4.39 Å². The summed E-state index contributed by atoms with van der Waals surface area (Å²) >= 11 is 4.66. The molecule has 2 aromatic rings. The lowest BCUT2D eigenvalue weighted by molar-refractivity contribution is 0.0925. The highest BCUT2D eigenvalue weighted by Gasteiger charge is 2.12. The molecule has 0 unspecified atom stereocenters. The van der Waals surface area contributed by atoms with E-state index in [4.69, 9.17) is 4.74 Å². The minimum atomic E-state index is -0.283. The van der Waals surface area contributed by atoms with Crippen LogP contribution < -0.4 is 4.74 Å². The highest BCUT2D eigenvalue weighted by atomic mass is 79.9. The first-order chi connectivity index (χ1) is 8.58. The van der Waals surface area contributed by atoms with E-state index in [1.807, 2.05) is 11.4 Å². The van der Waals surface area contributed by atoms with E-state index >= 15 is 0 Å². The maximum atomic E-state index is 13.0. The van der Waals surface area contributed by atoms with E-state index < -0.39 is 0 Å². The number of Topliss-reactive ketones (excluding diaryl/α,β-unsaturated/α-hetero) is 1. The van der Waals surface area contributed by atoms with Gasteiger partial charge in [-0.3, -0.25) is 4.79 Å². The van der Waals surface area contributed by atoms with E-state index in [2.05, 4.69) is 15.9 Å². The normalized spacial score (nSPS) is 10.4. The van der Waals surface area contributed by atoms with Crippen molar-refractivity contribution in [1.82, 2.24) is 0 Å². The Balaban J connectivity index is 2.02. The molecule has 0 saturated carbocycles. The Kier molecular flexibility index (Phi) is 4.14. The van der Waals surface area contributed by atoms with Crippen molar-refractivity contribution in [1.29, 1.82) is 0 Å². The van der Waals surface area contributed by atoms with E-state index in [1.54, 1.807) is 13.0 Å². The maximum Gasteiger partial charge on any atom is 0.211 e. The summed E-state index contributed by atoms with van der Waals surface area (Å²) in [5.74, 6) is 0.114. The second-order valence-corrected chi connectivity index (χ2v) is 5.49. The molecule has 1 heterocycles. The summed E-state index contributed by atoms with van der Waals surface area (Å²) in [5, 5.41) is 1.83. The first kappa shape index (κ1) is 13.2. The molecule has 0 aliphatic carbocycles. The van der Waals surface area contributed by atoms with Crippen LogP contribution in [0.15, 0.2) is 34.1 Å². The second-order valence-electron chi connectivity index (χ2n) is 3.72. The van der Waals surface area contributed by atoms with Gasteiger partial charge >= 0.3 is 0 Å². The van der Waals surface area contributed by atoms with Crippen LogP contribution in [0.4, 0.5) is 4.39 Å². The smallest absolute Gasteiger partial charge is 0.211 e. The number of halogens is 2. The molecule has 0 radical (unpaired) electrons. The van der Waals surface area contributed by atoms with Gasteiger partial charge in [-0.1, -0.05) is 0 Å². The Labute approximate surface area is 117 Å². The molecule has 2 nitrogen and oxygen atoms in total. The summed E-state index contributed by atoms with van der Waals surface area (Å²) in [6.45, 7) is 1.60. The average Bonchev–Trinajstić information content (AvgIpc) is 2.77. The van der Waals surface area contributed by atoms with Gasteiger partial charge in [0.2, 0.25) is 5.78 Å². The molecule has 0 amide bonds. The van der Waals surface area contributed by atoms with Crippen molar-refractivity contribution in [2.45, 2.75) is 6.92 Å². The van der Waals surface area contributed by atoms with E-state index in [-0.39, 0.29) is 18.2 Å². The first-order valence-corrected chi connectivity index (χ1v) is 6.90. The molecule has 2 rings (SSSR count). The first-order valence-electron chi connectivity index (χ1n) is 5.23. The minimum absolute atomic E-state index is 0.0514. The maximum absolute atomic E-state index is 13.0. The summed E-state index contributed by atoms with van der Waals surface area (Å²) < 4.78 is 19.2.